The molecule has 0 spiro atoms. The number of nitrogens with one attached hydrogen (secondary N) is 1. The molecule has 0 fully saturated rings. The molecular formula is C8H16ClNO. The van der Waals surface area contributed by atoms with Crippen molar-refractivity contribution in [1.82, 2.24) is 5.32 Å². The van der Waals surface area contributed by atoms with E-state index < -0.39 is 0 Å². The molecule has 0 bridgehead atoms. The number of halogens is 1. The molecule has 0 aromatic heterocycles. The molecule has 0 radical (unpaired) electrons. The molecule has 2 nitrogen and oxygen atoms in total. The Morgan fingerprint density at radius 3 is 2.73 bits per heavy atom. The van der Waals surface area contributed by atoms with E-state index in [4.69, 9.17) is 16.7 Å². The van der Waals surface area contributed by atoms with E-state index in [1.165, 1.54) is 0 Å². The van der Waals surface area contributed by atoms with Gasteiger partial charge in [-0.3, -0.25) is 0 Å². The van der Waals surface area contributed by atoms with E-state index in [-0.39, 0.29) is 6.61 Å². The fourth-order valence-electron chi connectivity index (χ4n) is 0.861. The number of hydrogen-bond acceptors (Lipinski definition) is 2. The van der Waals surface area contributed by atoms with Gasteiger partial charge in [-0.15, -0.1) is 0 Å². The monoisotopic (exact) mass is 177 g/mol. The molecule has 0 aromatic rings. The number of aliphatic hydroxyl groups is 1. The Morgan fingerprint density at radius 1 is 1.73 bits per heavy atom. The van der Waals surface area contributed by atoms with Gasteiger partial charge < -0.3 is 10.4 Å². The van der Waals surface area contributed by atoms with Crippen LogP contribution in [-0.2, 0) is 0 Å². The Kier molecular flexibility index (Phi) is 6.62. The van der Waals surface area contributed by atoms with Gasteiger partial charge in [0, 0.05) is 24.2 Å². The summed E-state index contributed by atoms with van der Waals surface area (Å²) in [5.41, 5.74) is 0. The second kappa shape index (κ2) is 6.65. The first-order valence-electron chi connectivity index (χ1n) is 3.88. The molecule has 0 amide bonds. The molecule has 0 aliphatic carbocycles. The van der Waals surface area contributed by atoms with Gasteiger partial charge in [0.05, 0.1) is 0 Å². The van der Waals surface area contributed by atoms with Gasteiger partial charge in [-0.05, 0) is 12.8 Å². The maximum Gasteiger partial charge on any atom is 0.0445 e. The second-order valence-corrected chi connectivity index (χ2v) is 3.05. The highest BCUT2D eigenvalue weighted by atomic mass is 35.5. The second-order valence-electron chi connectivity index (χ2n) is 2.52. The normalized spacial score (nSPS) is 13.0. The Hall–Kier alpha value is -0.0500. The summed E-state index contributed by atoms with van der Waals surface area (Å²) >= 11 is 5.56. The average Bonchev–Trinajstić information content (AvgIpc) is 1.97. The molecule has 0 rings (SSSR count). The summed E-state index contributed by atoms with van der Waals surface area (Å²) < 4.78 is 0. The molecule has 0 saturated carbocycles. The van der Waals surface area contributed by atoms with Crippen molar-refractivity contribution in [2.24, 2.45) is 0 Å². The predicted octanol–water partition coefficient (Wildman–Crippen LogP) is 1.49. The molecule has 11 heavy (non-hydrogen) atoms. The lowest BCUT2D eigenvalue weighted by molar-refractivity contribution is 0.264. The lowest BCUT2D eigenvalue weighted by Crippen LogP contribution is -2.30. The van der Waals surface area contributed by atoms with Gasteiger partial charge in [-0.25, -0.2) is 0 Å². The molecule has 1 unspecified atom stereocenters. The van der Waals surface area contributed by atoms with Crippen molar-refractivity contribution in [3.63, 3.8) is 0 Å². The molecule has 0 aliphatic heterocycles. The summed E-state index contributed by atoms with van der Waals surface area (Å²) in [4.78, 5) is 0. The van der Waals surface area contributed by atoms with Gasteiger partial charge in [-0.2, -0.15) is 0 Å². The maximum atomic E-state index is 8.64. The highest BCUT2D eigenvalue weighted by Crippen LogP contribution is 1.99. The summed E-state index contributed by atoms with van der Waals surface area (Å²) in [6, 6.07) is 0.357. The molecule has 0 aliphatic rings. The van der Waals surface area contributed by atoms with Crippen molar-refractivity contribution in [2.45, 2.75) is 25.8 Å². The van der Waals surface area contributed by atoms with Crippen LogP contribution >= 0.6 is 11.6 Å². The maximum absolute atomic E-state index is 8.64. The number of hydrogen-bond donors (Lipinski definition) is 2. The zero-order valence-corrected chi connectivity index (χ0v) is 7.69. The fraction of sp³-hybridized carbons (Fsp3) is 0.750. The minimum absolute atomic E-state index is 0.222. The third-order valence-electron chi connectivity index (χ3n) is 1.55. The zero-order chi connectivity index (χ0) is 8.69. The van der Waals surface area contributed by atoms with Crippen LogP contribution in [0, 0.1) is 0 Å². The Labute approximate surface area is 73.3 Å². The quantitative estimate of drug-likeness (QED) is 0.645. The zero-order valence-electron chi connectivity index (χ0n) is 6.94. The van der Waals surface area contributed by atoms with Crippen LogP contribution in [0.5, 0.6) is 0 Å². The van der Waals surface area contributed by atoms with Crippen LogP contribution in [0.15, 0.2) is 11.6 Å². The van der Waals surface area contributed by atoms with Crippen LogP contribution in [-0.4, -0.2) is 24.3 Å². The first kappa shape index (κ1) is 11.0. The van der Waals surface area contributed by atoms with E-state index in [1.807, 2.05) is 0 Å². The van der Waals surface area contributed by atoms with Crippen molar-refractivity contribution in [3.05, 3.63) is 11.6 Å². The standard InChI is InChI=1S/C8H16ClNO/c1-3-8(4-5-11)10-6-7(2)9/h8,10-11H,2-6H2,1H3. The molecule has 0 aromatic carbocycles. The van der Waals surface area contributed by atoms with Gasteiger partial charge >= 0.3 is 0 Å². The Balaban J connectivity index is 3.43. The van der Waals surface area contributed by atoms with Crippen LogP contribution < -0.4 is 5.32 Å². The van der Waals surface area contributed by atoms with E-state index in [1.54, 1.807) is 0 Å². The van der Waals surface area contributed by atoms with Crippen molar-refractivity contribution in [2.75, 3.05) is 13.2 Å². The third-order valence-corrected chi connectivity index (χ3v) is 1.69. The summed E-state index contributed by atoms with van der Waals surface area (Å²) in [7, 11) is 0. The minimum Gasteiger partial charge on any atom is -0.396 e. The molecule has 1 atom stereocenters. The molecule has 2 N–H and O–H groups in total. The summed E-state index contributed by atoms with van der Waals surface area (Å²) in [5.74, 6) is 0. The first-order chi connectivity index (χ1) is 5.20. The topological polar surface area (TPSA) is 32.3 Å². The van der Waals surface area contributed by atoms with Gasteiger partial charge in [0.2, 0.25) is 0 Å². The Morgan fingerprint density at radius 2 is 2.36 bits per heavy atom. The van der Waals surface area contributed by atoms with Crippen molar-refractivity contribution >= 4 is 11.6 Å². The highest BCUT2D eigenvalue weighted by molar-refractivity contribution is 6.29. The summed E-state index contributed by atoms with van der Waals surface area (Å²) in [6.07, 6.45) is 1.78. The number of rotatable bonds is 6. The van der Waals surface area contributed by atoms with Crippen LogP contribution in [0.2, 0.25) is 0 Å². The smallest absolute Gasteiger partial charge is 0.0445 e. The van der Waals surface area contributed by atoms with Crippen molar-refractivity contribution in [1.29, 1.82) is 0 Å². The highest BCUT2D eigenvalue weighted by Gasteiger charge is 2.03. The van der Waals surface area contributed by atoms with Gasteiger partial charge in [-0.1, -0.05) is 25.1 Å². The predicted molar refractivity (Wildman–Crippen MR) is 48.8 cm³/mol. The molecular weight excluding hydrogens is 162 g/mol. The van der Waals surface area contributed by atoms with Crippen LogP contribution in [0.1, 0.15) is 19.8 Å². The van der Waals surface area contributed by atoms with E-state index in [9.17, 15) is 0 Å². The van der Waals surface area contributed by atoms with E-state index >= 15 is 0 Å². The molecule has 3 heteroatoms. The molecule has 0 heterocycles. The molecule has 66 valence electrons. The average molecular weight is 178 g/mol. The van der Waals surface area contributed by atoms with E-state index in [0.717, 1.165) is 12.8 Å². The van der Waals surface area contributed by atoms with Crippen LogP contribution in [0.4, 0.5) is 0 Å². The fourth-order valence-corrected chi connectivity index (χ4v) is 0.939. The van der Waals surface area contributed by atoms with E-state index in [2.05, 4.69) is 18.8 Å². The van der Waals surface area contributed by atoms with Gasteiger partial charge in [0.15, 0.2) is 0 Å². The third kappa shape index (κ3) is 6.35. The minimum atomic E-state index is 0.222. The summed E-state index contributed by atoms with van der Waals surface area (Å²) in [6.45, 7) is 6.48. The van der Waals surface area contributed by atoms with E-state index in [0.29, 0.717) is 17.6 Å². The summed E-state index contributed by atoms with van der Waals surface area (Å²) in [5, 5.41) is 12.4. The van der Waals surface area contributed by atoms with Gasteiger partial charge in [0.25, 0.3) is 0 Å². The van der Waals surface area contributed by atoms with Crippen molar-refractivity contribution < 1.29 is 5.11 Å². The number of aliphatic hydroxyl groups excluding tert-OH is 1. The van der Waals surface area contributed by atoms with Crippen LogP contribution in [0.25, 0.3) is 0 Å². The first-order valence-corrected chi connectivity index (χ1v) is 4.26. The van der Waals surface area contributed by atoms with Gasteiger partial charge in [0.1, 0.15) is 0 Å². The van der Waals surface area contributed by atoms with Crippen molar-refractivity contribution in [3.8, 4) is 0 Å². The molecule has 0 saturated heterocycles. The van der Waals surface area contributed by atoms with Crippen LogP contribution in [0.3, 0.4) is 0 Å². The largest absolute Gasteiger partial charge is 0.396 e. The lowest BCUT2D eigenvalue weighted by Gasteiger charge is -2.14. The lowest BCUT2D eigenvalue weighted by atomic mass is 10.1. The SMILES string of the molecule is C=C(Cl)CNC(CC)CCO. The Bertz CT molecular complexity index is 117.